The van der Waals surface area contributed by atoms with Crippen molar-refractivity contribution >= 4 is 0 Å². The first-order chi connectivity index (χ1) is 7.76. The van der Waals surface area contributed by atoms with E-state index in [0.29, 0.717) is 23.8 Å². The average Bonchev–Trinajstić information content (AvgIpc) is 2.72. The number of nitrogens with zero attached hydrogens (tertiary/aromatic N) is 1. The Morgan fingerprint density at radius 2 is 2.12 bits per heavy atom. The predicted molar refractivity (Wildman–Crippen MR) is 60.9 cm³/mol. The number of phenols is 1. The Bertz CT molecular complexity index is 470. The molecular weight excluding hydrogens is 204 g/mol. The monoisotopic (exact) mass is 218 g/mol. The molecule has 0 saturated heterocycles. The molecule has 3 N–H and O–H groups in total. The summed E-state index contributed by atoms with van der Waals surface area (Å²) in [7, 11) is 0. The third-order valence-electron chi connectivity index (χ3n) is 2.43. The van der Waals surface area contributed by atoms with Crippen LogP contribution in [0.2, 0.25) is 0 Å². The van der Waals surface area contributed by atoms with Gasteiger partial charge in [-0.3, -0.25) is 0 Å². The molecule has 4 heteroatoms. The van der Waals surface area contributed by atoms with E-state index in [1.165, 1.54) is 0 Å². The highest BCUT2D eigenvalue weighted by Gasteiger charge is 2.14. The van der Waals surface area contributed by atoms with E-state index >= 15 is 0 Å². The van der Waals surface area contributed by atoms with Crippen LogP contribution in [-0.4, -0.2) is 10.1 Å². The number of oxazole rings is 1. The maximum Gasteiger partial charge on any atom is 0.230 e. The zero-order valence-corrected chi connectivity index (χ0v) is 9.10. The Hall–Kier alpha value is -1.81. The molecule has 0 aliphatic carbocycles. The minimum absolute atomic E-state index is 0.162. The van der Waals surface area contributed by atoms with Gasteiger partial charge in [0.1, 0.15) is 11.5 Å². The van der Waals surface area contributed by atoms with E-state index in [-0.39, 0.29) is 5.75 Å². The summed E-state index contributed by atoms with van der Waals surface area (Å²) in [5.41, 5.74) is 7.00. The molecular formula is C12H14N2O2. The van der Waals surface area contributed by atoms with E-state index in [0.717, 1.165) is 12.1 Å². The Balaban J connectivity index is 2.49. The van der Waals surface area contributed by atoms with Crippen LogP contribution in [0, 0.1) is 0 Å². The number of hydrogen-bond acceptors (Lipinski definition) is 4. The van der Waals surface area contributed by atoms with Crippen LogP contribution in [-0.2, 0) is 13.0 Å². The molecule has 4 nitrogen and oxygen atoms in total. The number of nitrogens with two attached hydrogens (primary N) is 1. The van der Waals surface area contributed by atoms with Crippen LogP contribution in [0.3, 0.4) is 0 Å². The van der Waals surface area contributed by atoms with Crippen LogP contribution in [0.15, 0.2) is 28.7 Å². The second-order valence-corrected chi connectivity index (χ2v) is 3.46. The van der Waals surface area contributed by atoms with Gasteiger partial charge in [0.2, 0.25) is 5.89 Å². The van der Waals surface area contributed by atoms with Crippen molar-refractivity contribution in [2.24, 2.45) is 5.73 Å². The molecule has 2 aromatic rings. The highest BCUT2D eigenvalue weighted by atomic mass is 16.4. The van der Waals surface area contributed by atoms with Crippen LogP contribution < -0.4 is 5.73 Å². The van der Waals surface area contributed by atoms with Crippen molar-refractivity contribution in [1.29, 1.82) is 0 Å². The van der Waals surface area contributed by atoms with Gasteiger partial charge < -0.3 is 15.3 Å². The summed E-state index contributed by atoms with van der Waals surface area (Å²) in [6.07, 6.45) is 0.767. The zero-order valence-electron chi connectivity index (χ0n) is 9.10. The second kappa shape index (κ2) is 4.37. The maximum atomic E-state index is 9.68. The van der Waals surface area contributed by atoms with Crippen molar-refractivity contribution in [3.8, 4) is 17.2 Å². The summed E-state index contributed by atoms with van der Waals surface area (Å²) in [5.74, 6) is 1.27. The second-order valence-electron chi connectivity index (χ2n) is 3.46. The number of para-hydroxylation sites is 1. The Labute approximate surface area is 93.7 Å². The molecule has 1 heterocycles. The lowest BCUT2D eigenvalue weighted by molar-refractivity contribution is 0.469. The molecule has 0 fully saturated rings. The van der Waals surface area contributed by atoms with E-state index in [1.54, 1.807) is 18.2 Å². The van der Waals surface area contributed by atoms with Crippen molar-refractivity contribution in [3.05, 3.63) is 35.7 Å². The Morgan fingerprint density at radius 1 is 1.38 bits per heavy atom. The highest BCUT2D eigenvalue weighted by molar-refractivity contribution is 5.62. The molecule has 0 saturated carbocycles. The maximum absolute atomic E-state index is 9.68. The van der Waals surface area contributed by atoms with Crippen molar-refractivity contribution < 1.29 is 9.52 Å². The zero-order chi connectivity index (χ0) is 11.5. The van der Waals surface area contributed by atoms with Gasteiger partial charge in [0.15, 0.2) is 0 Å². The minimum atomic E-state index is 0.162. The van der Waals surface area contributed by atoms with Gasteiger partial charge in [0, 0.05) is 0 Å². The molecule has 0 bridgehead atoms. The molecule has 0 radical (unpaired) electrons. The van der Waals surface area contributed by atoms with Gasteiger partial charge in [-0.1, -0.05) is 19.1 Å². The SMILES string of the molecule is CCc1nc(-c2ccccc2O)oc1CN. The van der Waals surface area contributed by atoms with E-state index in [9.17, 15) is 5.11 Å². The fourth-order valence-corrected chi connectivity index (χ4v) is 1.59. The van der Waals surface area contributed by atoms with Gasteiger partial charge in [-0.05, 0) is 18.6 Å². The lowest BCUT2D eigenvalue weighted by Gasteiger charge is -1.97. The van der Waals surface area contributed by atoms with Gasteiger partial charge in [-0.2, -0.15) is 0 Å². The first-order valence-corrected chi connectivity index (χ1v) is 5.23. The Morgan fingerprint density at radius 3 is 2.69 bits per heavy atom. The minimum Gasteiger partial charge on any atom is -0.507 e. The van der Waals surface area contributed by atoms with Crippen molar-refractivity contribution in [2.75, 3.05) is 0 Å². The Kier molecular flexibility index (Phi) is 2.92. The molecule has 0 spiro atoms. The van der Waals surface area contributed by atoms with Crippen LogP contribution in [0.5, 0.6) is 5.75 Å². The van der Waals surface area contributed by atoms with E-state index < -0.39 is 0 Å². The van der Waals surface area contributed by atoms with Crippen LogP contribution in [0.4, 0.5) is 0 Å². The molecule has 0 aliphatic rings. The van der Waals surface area contributed by atoms with Gasteiger partial charge in [-0.15, -0.1) is 0 Å². The number of aryl methyl sites for hydroxylation is 1. The molecule has 0 amide bonds. The molecule has 0 unspecified atom stereocenters. The van der Waals surface area contributed by atoms with Crippen molar-refractivity contribution in [3.63, 3.8) is 0 Å². The molecule has 2 rings (SSSR count). The molecule has 84 valence electrons. The van der Waals surface area contributed by atoms with Crippen molar-refractivity contribution in [1.82, 2.24) is 4.98 Å². The van der Waals surface area contributed by atoms with Crippen LogP contribution >= 0.6 is 0 Å². The molecule has 16 heavy (non-hydrogen) atoms. The lowest BCUT2D eigenvalue weighted by Crippen LogP contribution is -1.97. The fraction of sp³-hybridized carbons (Fsp3) is 0.250. The number of rotatable bonds is 3. The highest BCUT2D eigenvalue weighted by Crippen LogP contribution is 2.29. The summed E-state index contributed by atoms with van der Waals surface area (Å²) in [6, 6.07) is 6.95. The van der Waals surface area contributed by atoms with E-state index in [1.807, 2.05) is 13.0 Å². The van der Waals surface area contributed by atoms with Gasteiger partial charge >= 0.3 is 0 Å². The number of aromatic nitrogens is 1. The lowest BCUT2D eigenvalue weighted by atomic mass is 10.2. The molecule has 0 aliphatic heterocycles. The number of benzene rings is 1. The fourth-order valence-electron chi connectivity index (χ4n) is 1.59. The number of hydrogen-bond donors (Lipinski definition) is 2. The normalized spacial score (nSPS) is 10.6. The summed E-state index contributed by atoms with van der Waals surface area (Å²) < 4.78 is 5.53. The van der Waals surface area contributed by atoms with Crippen LogP contribution in [0.1, 0.15) is 18.4 Å². The molecule has 0 atom stereocenters. The third kappa shape index (κ3) is 1.79. The molecule has 1 aromatic heterocycles. The van der Waals surface area contributed by atoms with Gasteiger partial charge in [-0.25, -0.2) is 4.98 Å². The first kappa shape index (κ1) is 10.7. The standard InChI is InChI=1S/C12H14N2O2/c1-2-9-11(7-13)16-12(14-9)8-5-3-4-6-10(8)15/h3-6,15H,2,7,13H2,1H3. The summed E-state index contributed by atoms with van der Waals surface area (Å²) >= 11 is 0. The predicted octanol–water partition coefficient (Wildman–Crippen LogP) is 2.07. The number of aromatic hydroxyl groups is 1. The average molecular weight is 218 g/mol. The summed E-state index contributed by atoms with van der Waals surface area (Å²) in [4.78, 5) is 4.32. The van der Waals surface area contributed by atoms with Crippen molar-refractivity contribution in [2.45, 2.75) is 19.9 Å². The summed E-state index contributed by atoms with van der Waals surface area (Å²) in [6.45, 7) is 2.31. The molecule has 1 aromatic carbocycles. The van der Waals surface area contributed by atoms with E-state index in [4.69, 9.17) is 10.2 Å². The third-order valence-corrected chi connectivity index (χ3v) is 2.43. The van der Waals surface area contributed by atoms with Crippen LogP contribution in [0.25, 0.3) is 11.5 Å². The number of phenolic OH excluding ortho intramolecular Hbond substituents is 1. The van der Waals surface area contributed by atoms with Gasteiger partial charge in [0.05, 0.1) is 17.8 Å². The van der Waals surface area contributed by atoms with Gasteiger partial charge in [0.25, 0.3) is 0 Å². The topological polar surface area (TPSA) is 72.3 Å². The largest absolute Gasteiger partial charge is 0.507 e. The van der Waals surface area contributed by atoms with E-state index in [2.05, 4.69) is 4.98 Å². The smallest absolute Gasteiger partial charge is 0.230 e. The quantitative estimate of drug-likeness (QED) is 0.827. The first-order valence-electron chi connectivity index (χ1n) is 5.23. The summed E-state index contributed by atoms with van der Waals surface area (Å²) in [5, 5.41) is 9.68.